The minimum Gasteiger partial charge on any atom is -0.406 e. The zero-order valence-electron chi connectivity index (χ0n) is 17.3. The maximum absolute atomic E-state index is 12.9. The summed E-state index contributed by atoms with van der Waals surface area (Å²) in [6, 6.07) is 5.51. The van der Waals surface area contributed by atoms with Crippen LogP contribution in [0.5, 0.6) is 17.2 Å². The van der Waals surface area contributed by atoms with Crippen LogP contribution < -0.4 is 24.4 Å². The van der Waals surface area contributed by atoms with Crippen LogP contribution in [0.3, 0.4) is 0 Å². The molecule has 0 amide bonds. The van der Waals surface area contributed by atoms with Gasteiger partial charge in [-0.15, -0.1) is 39.5 Å². The van der Waals surface area contributed by atoms with Crippen LogP contribution in [0.1, 0.15) is 16.7 Å². The summed E-state index contributed by atoms with van der Waals surface area (Å²) in [4.78, 5) is 1.31. The summed E-state index contributed by atoms with van der Waals surface area (Å²) in [7, 11) is 1.38. The third kappa shape index (κ3) is 7.23. The van der Waals surface area contributed by atoms with Gasteiger partial charge in [0, 0.05) is 38.0 Å². The molecule has 0 aliphatic carbocycles. The third-order valence-electron chi connectivity index (χ3n) is 4.74. The number of alkyl halides is 9. The number of fused-ring (bicyclic) bond motifs is 1. The van der Waals surface area contributed by atoms with Crippen molar-refractivity contribution in [1.82, 2.24) is 5.32 Å². The molecule has 0 bridgehead atoms. The third-order valence-corrected chi connectivity index (χ3v) is 4.74. The molecule has 1 heterocycles. The lowest BCUT2D eigenvalue weighted by Crippen LogP contribution is -2.26. The molecule has 0 saturated carbocycles. The number of rotatable bonds is 6. The van der Waals surface area contributed by atoms with Crippen molar-refractivity contribution in [2.75, 3.05) is 18.5 Å². The van der Waals surface area contributed by atoms with Crippen LogP contribution in [0.15, 0.2) is 30.3 Å². The lowest BCUT2D eigenvalue weighted by Gasteiger charge is -2.26. The number of nitrogens with one attached hydrogen (secondary N) is 1. The number of nitrogens with zero attached hydrogens (tertiary/aromatic N) is 1. The summed E-state index contributed by atoms with van der Waals surface area (Å²) < 4.78 is 126. The molecule has 1 N–H and O–H groups in total. The van der Waals surface area contributed by atoms with Crippen LogP contribution >= 0.6 is 0 Å². The molecule has 34 heavy (non-hydrogen) atoms. The summed E-state index contributed by atoms with van der Waals surface area (Å²) in [6.07, 6.45) is -15.5. The average molecular weight is 504 g/mol. The number of hydrogen-bond acceptors (Lipinski definition) is 5. The normalized spacial score (nSPS) is 14.4. The van der Waals surface area contributed by atoms with Gasteiger partial charge in [-0.1, -0.05) is 6.07 Å². The van der Waals surface area contributed by atoms with Crippen LogP contribution in [-0.4, -0.2) is 32.7 Å². The molecular weight excluding hydrogens is 487 g/mol. The number of ether oxygens (including phenoxy) is 3. The Kier molecular flexibility index (Phi) is 7.01. The molecular formula is C20H17F9N2O3. The van der Waals surface area contributed by atoms with E-state index in [4.69, 9.17) is 0 Å². The van der Waals surface area contributed by atoms with Gasteiger partial charge in [0.05, 0.1) is 5.56 Å². The molecule has 1 aliphatic heterocycles. The molecule has 0 spiro atoms. The number of benzene rings is 2. The molecule has 0 fully saturated rings. The van der Waals surface area contributed by atoms with E-state index in [2.05, 4.69) is 19.5 Å². The Bertz CT molecular complexity index is 983. The van der Waals surface area contributed by atoms with Gasteiger partial charge in [-0.3, -0.25) is 0 Å². The monoisotopic (exact) mass is 504 g/mol. The molecule has 14 heteroatoms. The average Bonchev–Trinajstić information content (AvgIpc) is 2.66. The van der Waals surface area contributed by atoms with E-state index in [-0.39, 0.29) is 12.1 Å². The fraction of sp³-hybridized carbons (Fsp3) is 0.400. The van der Waals surface area contributed by atoms with Crippen molar-refractivity contribution in [2.24, 2.45) is 0 Å². The first-order valence-corrected chi connectivity index (χ1v) is 9.57. The Morgan fingerprint density at radius 3 is 1.88 bits per heavy atom. The smallest absolute Gasteiger partial charge is 0.406 e. The molecule has 188 valence electrons. The molecule has 2 aromatic rings. The minimum atomic E-state index is -5.42. The SMILES string of the molecule is CN(Cc1c(OC(F)(F)F)cc(OC(F)(F)F)cc1OC(F)(F)F)c1ccc2c(c1)CNCC2. The van der Waals surface area contributed by atoms with Crippen molar-refractivity contribution < 1.29 is 53.7 Å². The van der Waals surface area contributed by atoms with Crippen molar-refractivity contribution in [1.29, 1.82) is 0 Å². The van der Waals surface area contributed by atoms with E-state index >= 15 is 0 Å². The number of halogens is 9. The standard InChI is InChI=1S/C20H17F9N2O3/c1-31(13-3-2-11-4-5-30-9-12(11)6-13)10-15-16(33-19(24,25)26)7-14(32-18(21,22)23)8-17(15)34-20(27,28)29/h2-3,6-8,30H,4-5,9-10H2,1H3. The van der Waals surface area contributed by atoms with Crippen LogP contribution in [0.25, 0.3) is 0 Å². The van der Waals surface area contributed by atoms with E-state index in [0.717, 1.165) is 24.1 Å². The Balaban J connectivity index is 2.04. The van der Waals surface area contributed by atoms with Gasteiger partial charge in [0.2, 0.25) is 0 Å². The molecule has 0 unspecified atom stereocenters. The van der Waals surface area contributed by atoms with Gasteiger partial charge in [0.25, 0.3) is 0 Å². The van der Waals surface area contributed by atoms with Crippen molar-refractivity contribution in [3.05, 3.63) is 47.0 Å². The van der Waals surface area contributed by atoms with Gasteiger partial charge in [-0.05, 0) is 36.2 Å². The van der Waals surface area contributed by atoms with Crippen LogP contribution in [0.4, 0.5) is 45.2 Å². The summed E-state index contributed by atoms with van der Waals surface area (Å²) in [5, 5.41) is 3.14. The fourth-order valence-corrected chi connectivity index (χ4v) is 3.41. The molecule has 2 aromatic carbocycles. The zero-order chi connectivity index (χ0) is 25.3. The molecule has 5 nitrogen and oxygen atoms in total. The van der Waals surface area contributed by atoms with Crippen LogP contribution in [0.2, 0.25) is 0 Å². The lowest BCUT2D eigenvalue weighted by molar-refractivity contribution is -0.278. The maximum atomic E-state index is 12.9. The summed E-state index contributed by atoms with van der Waals surface area (Å²) in [6.45, 7) is 0.644. The highest BCUT2D eigenvalue weighted by Crippen LogP contribution is 2.41. The minimum absolute atomic E-state index is 0.199. The quantitative estimate of drug-likeness (QED) is 0.514. The van der Waals surface area contributed by atoms with E-state index in [1.54, 1.807) is 18.2 Å². The molecule has 0 atom stereocenters. The first-order valence-electron chi connectivity index (χ1n) is 9.57. The molecule has 0 saturated heterocycles. The second-order valence-corrected chi connectivity index (χ2v) is 7.28. The summed E-state index contributed by atoms with van der Waals surface area (Å²) >= 11 is 0. The highest BCUT2D eigenvalue weighted by atomic mass is 19.4. The van der Waals surface area contributed by atoms with E-state index in [1.807, 2.05) is 0 Å². The second-order valence-electron chi connectivity index (χ2n) is 7.28. The van der Waals surface area contributed by atoms with Gasteiger partial charge in [-0.25, -0.2) is 0 Å². The second kappa shape index (κ2) is 9.31. The van der Waals surface area contributed by atoms with E-state index in [0.29, 0.717) is 12.2 Å². The molecule has 3 rings (SSSR count). The summed E-state index contributed by atoms with van der Waals surface area (Å²) in [5.41, 5.74) is 1.58. The zero-order valence-corrected chi connectivity index (χ0v) is 17.3. The Labute approximate surface area is 187 Å². The maximum Gasteiger partial charge on any atom is 0.573 e. The van der Waals surface area contributed by atoms with Gasteiger partial charge < -0.3 is 24.4 Å². The van der Waals surface area contributed by atoms with Crippen molar-refractivity contribution in [3.63, 3.8) is 0 Å². The highest BCUT2D eigenvalue weighted by Gasteiger charge is 2.38. The lowest BCUT2D eigenvalue weighted by atomic mass is 10.00. The first-order chi connectivity index (χ1) is 15.6. The van der Waals surface area contributed by atoms with Gasteiger partial charge >= 0.3 is 19.1 Å². The van der Waals surface area contributed by atoms with Crippen molar-refractivity contribution in [2.45, 2.75) is 38.6 Å². The molecule has 0 radical (unpaired) electrons. The molecule has 0 aromatic heterocycles. The Morgan fingerprint density at radius 1 is 0.794 bits per heavy atom. The van der Waals surface area contributed by atoms with Crippen molar-refractivity contribution in [3.8, 4) is 17.2 Å². The largest absolute Gasteiger partial charge is 0.573 e. The van der Waals surface area contributed by atoms with Crippen LogP contribution in [0, 0.1) is 0 Å². The van der Waals surface area contributed by atoms with E-state index in [9.17, 15) is 39.5 Å². The van der Waals surface area contributed by atoms with Gasteiger partial charge in [-0.2, -0.15) is 0 Å². The highest BCUT2D eigenvalue weighted by molar-refractivity contribution is 5.56. The van der Waals surface area contributed by atoms with Gasteiger partial charge in [0.15, 0.2) is 0 Å². The topological polar surface area (TPSA) is 43.0 Å². The fourth-order valence-electron chi connectivity index (χ4n) is 3.41. The Morgan fingerprint density at radius 2 is 1.35 bits per heavy atom. The predicted octanol–water partition coefficient (Wildman–Crippen LogP) is 5.66. The molecule has 1 aliphatic rings. The first kappa shape index (κ1) is 25.6. The predicted molar refractivity (Wildman–Crippen MR) is 100 cm³/mol. The van der Waals surface area contributed by atoms with Crippen LogP contribution in [-0.2, 0) is 19.5 Å². The van der Waals surface area contributed by atoms with Crippen molar-refractivity contribution >= 4 is 5.69 Å². The van der Waals surface area contributed by atoms with E-state index in [1.165, 1.54) is 11.9 Å². The van der Waals surface area contributed by atoms with E-state index < -0.39 is 48.4 Å². The summed E-state index contributed by atoms with van der Waals surface area (Å²) in [5.74, 6) is -4.04. The number of hydrogen-bond donors (Lipinski definition) is 1. The Hall–Kier alpha value is -3.03. The number of anilines is 1. The van der Waals surface area contributed by atoms with Gasteiger partial charge in [0.1, 0.15) is 17.2 Å².